The second-order valence-corrected chi connectivity index (χ2v) is 5.80. The Kier molecular flexibility index (Phi) is 7.54. The zero-order chi connectivity index (χ0) is 15.8. The molecule has 0 bridgehead atoms. The van der Waals surface area contributed by atoms with Crippen LogP contribution in [0.5, 0.6) is 0 Å². The number of rotatable bonds is 8. The molecule has 0 aliphatic rings. The van der Waals surface area contributed by atoms with E-state index in [1.54, 1.807) is 18.2 Å². The smallest absolute Gasteiger partial charge is 0.238 e. The average molecular weight is 312 g/mol. The van der Waals surface area contributed by atoms with Crippen molar-refractivity contribution in [2.45, 2.75) is 46.1 Å². The molecular formula is C16H26ClN3O. The molecule has 5 heteroatoms. The van der Waals surface area contributed by atoms with Gasteiger partial charge in [0.2, 0.25) is 5.91 Å². The van der Waals surface area contributed by atoms with Crippen LogP contribution in [0.4, 0.5) is 11.4 Å². The zero-order valence-corrected chi connectivity index (χ0v) is 13.9. The van der Waals surface area contributed by atoms with Crippen LogP contribution in [0, 0.1) is 0 Å². The Hall–Kier alpha value is -1.26. The summed E-state index contributed by atoms with van der Waals surface area (Å²) in [5.41, 5.74) is 6.95. The molecule has 0 heterocycles. The molecule has 1 unspecified atom stereocenters. The third-order valence-corrected chi connectivity index (χ3v) is 3.88. The number of anilines is 2. The van der Waals surface area contributed by atoms with E-state index >= 15 is 0 Å². The summed E-state index contributed by atoms with van der Waals surface area (Å²) < 4.78 is 0. The van der Waals surface area contributed by atoms with Crippen molar-refractivity contribution in [1.29, 1.82) is 0 Å². The van der Waals surface area contributed by atoms with Gasteiger partial charge in [-0.3, -0.25) is 9.69 Å². The number of hydrogen-bond acceptors (Lipinski definition) is 3. The van der Waals surface area contributed by atoms with Crippen LogP contribution in [0.2, 0.25) is 5.02 Å². The van der Waals surface area contributed by atoms with E-state index in [9.17, 15) is 4.79 Å². The van der Waals surface area contributed by atoms with E-state index in [0.29, 0.717) is 29.0 Å². The van der Waals surface area contributed by atoms with Crippen molar-refractivity contribution in [3.63, 3.8) is 0 Å². The first-order chi connectivity index (χ1) is 9.97. The van der Waals surface area contributed by atoms with Gasteiger partial charge < -0.3 is 11.1 Å². The summed E-state index contributed by atoms with van der Waals surface area (Å²) >= 11 is 5.93. The van der Waals surface area contributed by atoms with Crippen LogP contribution in [0.3, 0.4) is 0 Å². The topological polar surface area (TPSA) is 58.4 Å². The van der Waals surface area contributed by atoms with Crippen molar-refractivity contribution in [3.05, 3.63) is 23.2 Å². The normalized spacial score (nSPS) is 12.4. The fraction of sp³-hybridized carbons (Fsp3) is 0.562. The lowest BCUT2D eigenvalue weighted by Gasteiger charge is -2.27. The number of nitrogen functional groups attached to an aromatic ring is 1. The second-order valence-electron chi connectivity index (χ2n) is 5.36. The highest BCUT2D eigenvalue weighted by atomic mass is 35.5. The second kappa shape index (κ2) is 8.90. The first-order valence-corrected chi connectivity index (χ1v) is 7.94. The fourth-order valence-corrected chi connectivity index (χ4v) is 2.26. The van der Waals surface area contributed by atoms with Crippen molar-refractivity contribution in [1.82, 2.24) is 4.90 Å². The van der Waals surface area contributed by atoms with Crippen LogP contribution in [-0.4, -0.2) is 29.9 Å². The number of amides is 1. The van der Waals surface area contributed by atoms with E-state index in [-0.39, 0.29) is 5.91 Å². The predicted octanol–water partition coefficient (Wildman–Crippen LogP) is 3.76. The van der Waals surface area contributed by atoms with E-state index in [2.05, 4.69) is 31.0 Å². The number of benzene rings is 1. The van der Waals surface area contributed by atoms with Crippen LogP contribution >= 0.6 is 11.6 Å². The van der Waals surface area contributed by atoms with Gasteiger partial charge >= 0.3 is 0 Å². The van der Waals surface area contributed by atoms with Crippen LogP contribution < -0.4 is 11.1 Å². The lowest BCUT2D eigenvalue weighted by molar-refractivity contribution is -0.117. The summed E-state index contributed by atoms with van der Waals surface area (Å²) in [4.78, 5) is 14.4. The lowest BCUT2D eigenvalue weighted by Crippen LogP contribution is -2.39. The van der Waals surface area contributed by atoms with Gasteiger partial charge in [0.15, 0.2) is 0 Å². The van der Waals surface area contributed by atoms with Gasteiger partial charge in [0.05, 0.1) is 17.9 Å². The number of halogens is 1. The lowest BCUT2D eigenvalue weighted by atomic mass is 10.2. The third kappa shape index (κ3) is 5.94. The Morgan fingerprint density at radius 3 is 2.76 bits per heavy atom. The molecule has 4 nitrogen and oxygen atoms in total. The molecule has 1 aromatic carbocycles. The maximum Gasteiger partial charge on any atom is 0.238 e. The minimum absolute atomic E-state index is 0.0552. The van der Waals surface area contributed by atoms with Gasteiger partial charge in [-0.05, 0) is 44.5 Å². The van der Waals surface area contributed by atoms with Crippen molar-refractivity contribution >= 4 is 28.9 Å². The molecule has 1 atom stereocenters. The van der Waals surface area contributed by atoms with Crippen molar-refractivity contribution < 1.29 is 4.79 Å². The number of nitrogens with zero attached hydrogens (tertiary/aromatic N) is 1. The van der Waals surface area contributed by atoms with E-state index in [0.717, 1.165) is 25.8 Å². The van der Waals surface area contributed by atoms with Gasteiger partial charge in [-0.1, -0.05) is 31.9 Å². The molecule has 0 radical (unpaired) electrons. The van der Waals surface area contributed by atoms with Gasteiger partial charge in [-0.2, -0.15) is 0 Å². The van der Waals surface area contributed by atoms with Crippen molar-refractivity contribution in [3.8, 4) is 0 Å². The molecule has 118 valence electrons. The molecule has 0 aromatic heterocycles. The summed E-state index contributed by atoms with van der Waals surface area (Å²) in [7, 11) is 0. The molecule has 0 saturated carbocycles. The molecule has 1 rings (SSSR count). The molecule has 0 aliphatic carbocycles. The summed E-state index contributed by atoms with van der Waals surface area (Å²) in [6.07, 6.45) is 3.24. The first kappa shape index (κ1) is 17.8. The summed E-state index contributed by atoms with van der Waals surface area (Å²) in [6, 6.07) is 5.47. The van der Waals surface area contributed by atoms with E-state index < -0.39 is 0 Å². The van der Waals surface area contributed by atoms with Crippen LogP contribution in [0.25, 0.3) is 0 Å². The highest BCUT2D eigenvalue weighted by Gasteiger charge is 2.16. The van der Waals surface area contributed by atoms with E-state index in [1.165, 1.54) is 0 Å². The average Bonchev–Trinajstić information content (AvgIpc) is 2.46. The van der Waals surface area contributed by atoms with Gasteiger partial charge in [0.1, 0.15) is 0 Å². The standard InChI is InChI=1S/C16H26ClN3O/c1-4-6-9-20(12(3)5-2)11-16(21)19-15-10-13(17)7-8-14(15)18/h7-8,10,12H,4-6,9,11,18H2,1-3H3,(H,19,21). The quantitative estimate of drug-likeness (QED) is 0.719. The molecule has 21 heavy (non-hydrogen) atoms. The Balaban J connectivity index is 2.66. The monoisotopic (exact) mass is 311 g/mol. The number of nitrogens with one attached hydrogen (secondary N) is 1. The highest BCUT2D eigenvalue weighted by molar-refractivity contribution is 6.31. The summed E-state index contributed by atoms with van der Waals surface area (Å²) in [5, 5.41) is 3.41. The Labute approximate surface area is 132 Å². The number of hydrogen-bond donors (Lipinski definition) is 2. The SMILES string of the molecule is CCCCN(CC(=O)Nc1cc(Cl)ccc1N)C(C)CC. The zero-order valence-electron chi connectivity index (χ0n) is 13.2. The van der Waals surface area contributed by atoms with Gasteiger partial charge in [0, 0.05) is 11.1 Å². The van der Waals surface area contributed by atoms with Gasteiger partial charge in [-0.15, -0.1) is 0 Å². The molecule has 0 spiro atoms. The molecule has 1 amide bonds. The minimum atomic E-state index is -0.0552. The Morgan fingerprint density at radius 2 is 2.14 bits per heavy atom. The number of unbranched alkanes of at least 4 members (excludes halogenated alkanes) is 1. The predicted molar refractivity (Wildman–Crippen MR) is 90.7 cm³/mol. The fourth-order valence-electron chi connectivity index (χ4n) is 2.09. The Bertz CT molecular complexity index is 465. The summed E-state index contributed by atoms with van der Waals surface area (Å²) in [5.74, 6) is -0.0552. The maximum atomic E-state index is 12.2. The number of carbonyl (C=O) groups excluding carboxylic acids is 1. The molecule has 1 aromatic rings. The van der Waals surface area contributed by atoms with Crippen molar-refractivity contribution in [2.75, 3.05) is 24.1 Å². The minimum Gasteiger partial charge on any atom is -0.397 e. The van der Waals surface area contributed by atoms with Crippen LogP contribution in [0.1, 0.15) is 40.0 Å². The largest absolute Gasteiger partial charge is 0.397 e. The van der Waals surface area contributed by atoms with E-state index in [4.69, 9.17) is 17.3 Å². The molecule has 0 saturated heterocycles. The van der Waals surface area contributed by atoms with Crippen LogP contribution in [0.15, 0.2) is 18.2 Å². The van der Waals surface area contributed by atoms with Crippen LogP contribution in [-0.2, 0) is 4.79 Å². The van der Waals surface area contributed by atoms with Crippen molar-refractivity contribution in [2.24, 2.45) is 0 Å². The molecular weight excluding hydrogens is 286 g/mol. The van der Waals surface area contributed by atoms with E-state index in [1.807, 2.05) is 0 Å². The summed E-state index contributed by atoms with van der Waals surface area (Å²) in [6.45, 7) is 7.75. The van der Waals surface area contributed by atoms with Gasteiger partial charge in [0.25, 0.3) is 0 Å². The molecule has 3 N–H and O–H groups in total. The number of nitrogens with two attached hydrogens (primary N) is 1. The highest BCUT2D eigenvalue weighted by Crippen LogP contribution is 2.22. The molecule has 0 aliphatic heterocycles. The third-order valence-electron chi connectivity index (χ3n) is 3.65. The van der Waals surface area contributed by atoms with Gasteiger partial charge in [-0.25, -0.2) is 0 Å². The molecule has 0 fully saturated rings. The number of carbonyl (C=O) groups is 1. The maximum absolute atomic E-state index is 12.2. The Morgan fingerprint density at radius 1 is 1.43 bits per heavy atom. The first-order valence-electron chi connectivity index (χ1n) is 7.56.